The summed E-state index contributed by atoms with van der Waals surface area (Å²) in [6.45, 7) is 1.94. The van der Waals surface area contributed by atoms with E-state index in [1.807, 2.05) is 6.92 Å². The molecule has 1 atom stereocenters. The second-order valence-electron chi connectivity index (χ2n) is 3.01. The van der Waals surface area contributed by atoms with Crippen LogP contribution < -0.4 is 5.32 Å². The van der Waals surface area contributed by atoms with Gasteiger partial charge in [-0.05, 0) is 35.3 Å². The Labute approximate surface area is 96.0 Å². The number of pyridine rings is 1. The largest absolute Gasteiger partial charge is 0.365 e. The molecule has 0 spiro atoms. The Balaban J connectivity index is 2.67. The van der Waals surface area contributed by atoms with Crippen molar-refractivity contribution in [3.05, 3.63) is 22.6 Å². The molecule has 14 heavy (non-hydrogen) atoms. The highest BCUT2D eigenvalue weighted by molar-refractivity contribution is 9.10. The van der Waals surface area contributed by atoms with Gasteiger partial charge in [-0.2, -0.15) is 0 Å². The lowest BCUT2D eigenvalue weighted by atomic mass is 10.2. The van der Waals surface area contributed by atoms with Gasteiger partial charge in [-0.3, -0.25) is 0 Å². The van der Waals surface area contributed by atoms with Crippen molar-refractivity contribution in [3.8, 4) is 0 Å². The summed E-state index contributed by atoms with van der Waals surface area (Å²) >= 11 is 8.71. The van der Waals surface area contributed by atoms with E-state index in [0.29, 0.717) is 10.4 Å². The van der Waals surface area contributed by atoms with Crippen molar-refractivity contribution in [2.75, 3.05) is 11.2 Å². The maximum atomic E-state index is 13.3. The number of halogens is 3. The van der Waals surface area contributed by atoms with Gasteiger partial charge in [0.25, 0.3) is 0 Å². The van der Waals surface area contributed by atoms with E-state index in [1.54, 1.807) is 6.20 Å². The maximum Gasteiger partial charge on any atom is 0.166 e. The quantitative estimate of drug-likeness (QED) is 0.856. The monoisotopic (exact) mass is 280 g/mol. The van der Waals surface area contributed by atoms with Crippen LogP contribution in [0.2, 0.25) is 0 Å². The topological polar surface area (TPSA) is 24.9 Å². The molecule has 0 aliphatic carbocycles. The second-order valence-corrected chi connectivity index (χ2v) is 4.30. The van der Waals surface area contributed by atoms with Crippen molar-refractivity contribution >= 4 is 33.3 Å². The van der Waals surface area contributed by atoms with Crippen LogP contribution in [0.4, 0.5) is 10.2 Å². The maximum absolute atomic E-state index is 13.3. The van der Waals surface area contributed by atoms with Crippen LogP contribution in [0.5, 0.6) is 0 Å². The number of aromatic nitrogens is 1. The van der Waals surface area contributed by atoms with Crippen LogP contribution in [0.15, 0.2) is 16.7 Å². The fourth-order valence-electron chi connectivity index (χ4n) is 0.990. The summed E-state index contributed by atoms with van der Waals surface area (Å²) in [6.07, 6.45) is 2.33. The summed E-state index contributed by atoms with van der Waals surface area (Å²) < 4.78 is 13.9. The highest BCUT2D eigenvalue weighted by Gasteiger charge is 2.07. The van der Waals surface area contributed by atoms with E-state index in [-0.39, 0.29) is 17.7 Å². The van der Waals surface area contributed by atoms with E-state index < -0.39 is 0 Å². The molecule has 2 nitrogen and oxygen atoms in total. The standard InChI is InChI=1S/C9H11BrClFN2/c1-6(2-3-11)14-9-8(12)4-7(10)5-13-9/h4-6H,2-3H2,1H3,(H,13,14). The van der Waals surface area contributed by atoms with E-state index in [0.717, 1.165) is 6.42 Å². The molecule has 1 heterocycles. The molecule has 1 aromatic rings. The van der Waals surface area contributed by atoms with E-state index >= 15 is 0 Å². The third-order valence-corrected chi connectivity index (χ3v) is 2.38. The lowest BCUT2D eigenvalue weighted by molar-refractivity contribution is 0.617. The van der Waals surface area contributed by atoms with Gasteiger partial charge in [0.1, 0.15) is 0 Å². The lowest BCUT2D eigenvalue weighted by Crippen LogP contribution is -2.17. The van der Waals surface area contributed by atoms with Crippen molar-refractivity contribution < 1.29 is 4.39 Å². The average Bonchev–Trinajstić information content (AvgIpc) is 2.10. The Kier molecular flexibility index (Phi) is 4.62. The summed E-state index contributed by atoms with van der Waals surface area (Å²) in [6, 6.07) is 1.50. The van der Waals surface area contributed by atoms with Crippen LogP contribution in [0, 0.1) is 5.82 Å². The van der Waals surface area contributed by atoms with Gasteiger partial charge in [0.15, 0.2) is 11.6 Å². The van der Waals surface area contributed by atoms with Gasteiger partial charge in [-0.1, -0.05) is 0 Å². The molecule has 1 unspecified atom stereocenters. The highest BCUT2D eigenvalue weighted by atomic mass is 79.9. The molecule has 78 valence electrons. The first-order valence-electron chi connectivity index (χ1n) is 4.27. The minimum absolute atomic E-state index is 0.121. The molecule has 0 saturated carbocycles. The fourth-order valence-corrected chi connectivity index (χ4v) is 1.62. The molecule has 0 bridgehead atoms. The smallest absolute Gasteiger partial charge is 0.166 e. The normalized spacial score (nSPS) is 12.6. The lowest BCUT2D eigenvalue weighted by Gasteiger charge is -2.13. The Morgan fingerprint density at radius 1 is 1.71 bits per heavy atom. The van der Waals surface area contributed by atoms with Gasteiger partial charge in [0, 0.05) is 22.6 Å². The molecule has 0 radical (unpaired) electrons. The van der Waals surface area contributed by atoms with E-state index in [1.165, 1.54) is 6.07 Å². The zero-order valence-corrected chi connectivity index (χ0v) is 10.1. The Morgan fingerprint density at radius 3 is 3.00 bits per heavy atom. The summed E-state index contributed by atoms with van der Waals surface area (Å²) in [4.78, 5) is 3.92. The van der Waals surface area contributed by atoms with Gasteiger partial charge in [0.05, 0.1) is 0 Å². The first-order chi connectivity index (χ1) is 6.63. The zero-order valence-electron chi connectivity index (χ0n) is 7.73. The van der Waals surface area contributed by atoms with Gasteiger partial charge < -0.3 is 5.32 Å². The third kappa shape index (κ3) is 3.42. The molecule has 0 fully saturated rings. The summed E-state index contributed by atoms with van der Waals surface area (Å²) in [5.74, 6) is 0.457. The number of nitrogens with zero attached hydrogens (tertiary/aromatic N) is 1. The zero-order chi connectivity index (χ0) is 10.6. The second kappa shape index (κ2) is 5.51. The SMILES string of the molecule is CC(CCCl)Nc1ncc(Br)cc1F. The number of hydrogen-bond donors (Lipinski definition) is 1. The van der Waals surface area contributed by atoms with Crippen molar-refractivity contribution in [2.45, 2.75) is 19.4 Å². The van der Waals surface area contributed by atoms with Crippen molar-refractivity contribution in [1.29, 1.82) is 0 Å². The molecule has 1 N–H and O–H groups in total. The number of rotatable bonds is 4. The van der Waals surface area contributed by atoms with Gasteiger partial charge in [-0.15, -0.1) is 11.6 Å². The molecule has 1 rings (SSSR count). The predicted octanol–water partition coefficient (Wildman–Crippen LogP) is 3.41. The molecule has 0 aromatic carbocycles. The number of hydrogen-bond acceptors (Lipinski definition) is 2. The molecule has 5 heteroatoms. The highest BCUT2D eigenvalue weighted by Crippen LogP contribution is 2.17. The van der Waals surface area contributed by atoms with Gasteiger partial charge in [-0.25, -0.2) is 9.37 Å². The van der Waals surface area contributed by atoms with Gasteiger partial charge >= 0.3 is 0 Å². The summed E-state index contributed by atoms with van der Waals surface area (Å²) in [5.41, 5.74) is 0. The van der Waals surface area contributed by atoms with Crippen LogP contribution in [0.1, 0.15) is 13.3 Å². The Bertz CT molecular complexity index is 309. The van der Waals surface area contributed by atoms with Crippen LogP contribution in [0.3, 0.4) is 0 Å². The molecule has 0 amide bonds. The first-order valence-corrected chi connectivity index (χ1v) is 5.59. The molecule has 1 aromatic heterocycles. The predicted molar refractivity (Wildman–Crippen MR) is 60.3 cm³/mol. The molecule has 0 saturated heterocycles. The number of alkyl halides is 1. The summed E-state index contributed by atoms with van der Waals surface area (Å²) in [5, 5.41) is 2.95. The average molecular weight is 282 g/mol. The molecular formula is C9H11BrClFN2. The number of anilines is 1. The molecular weight excluding hydrogens is 270 g/mol. The minimum Gasteiger partial charge on any atom is -0.365 e. The third-order valence-electron chi connectivity index (χ3n) is 1.73. The minimum atomic E-state index is -0.360. The van der Waals surface area contributed by atoms with Crippen molar-refractivity contribution in [3.63, 3.8) is 0 Å². The van der Waals surface area contributed by atoms with Crippen LogP contribution in [0.25, 0.3) is 0 Å². The van der Waals surface area contributed by atoms with Crippen LogP contribution in [-0.2, 0) is 0 Å². The van der Waals surface area contributed by atoms with E-state index in [9.17, 15) is 4.39 Å². The van der Waals surface area contributed by atoms with Crippen LogP contribution in [-0.4, -0.2) is 16.9 Å². The number of nitrogens with one attached hydrogen (secondary N) is 1. The Hall–Kier alpha value is -0.350. The van der Waals surface area contributed by atoms with E-state index in [4.69, 9.17) is 11.6 Å². The van der Waals surface area contributed by atoms with Gasteiger partial charge in [0.2, 0.25) is 0 Å². The van der Waals surface area contributed by atoms with Crippen molar-refractivity contribution in [2.24, 2.45) is 0 Å². The van der Waals surface area contributed by atoms with Crippen LogP contribution >= 0.6 is 27.5 Å². The summed E-state index contributed by atoms with van der Waals surface area (Å²) in [7, 11) is 0. The molecule has 0 aliphatic rings. The van der Waals surface area contributed by atoms with Crippen molar-refractivity contribution in [1.82, 2.24) is 4.98 Å². The Morgan fingerprint density at radius 2 is 2.43 bits per heavy atom. The van der Waals surface area contributed by atoms with E-state index in [2.05, 4.69) is 26.2 Å². The fraction of sp³-hybridized carbons (Fsp3) is 0.444. The molecule has 0 aliphatic heterocycles. The first kappa shape index (κ1) is 11.7.